The third kappa shape index (κ3) is 3.60. The molecule has 1 aliphatic rings. The molecule has 2 rings (SSSR count). The van der Waals surface area contributed by atoms with Crippen molar-refractivity contribution >= 4 is 11.8 Å². The molecule has 1 fully saturated rings. The van der Waals surface area contributed by atoms with Gasteiger partial charge in [0.05, 0.1) is 11.6 Å². The minimum Gasteiger partial charge on any atom is -0.369 e. The van der Waals surface area contributed by atoms with E-state index in [0.717, 1.165) is 5.69 Å². The van der Waals surface area contributed by atoms with Crippen molar-refractivity contribution < 1.29 is 14.1 Å². The number of carbonyl (C=O) groups is 2. The first-order valence-corrected chi connectivity index (χ1v) is 7.12. The Morgan fingerprint density at radius 3 is 2.67 bits per heavy atom. The second-order valence-corrected chi connectivity index (χ2v) is 5.88. The fourth-order valence-electron chi connectivity index (χ4n) is 2.36. The Kier molecular flexibility index (Phi) is 4.62. The summed E-state index contributed by atoms with van der Waals surface area (Å²) in [4.78, 5) is 27.6. The van der Waals surface area contributed by atoms with Gasteiger partial charge in [0.15, 0.2) is 0 Å². The van der Waals surface area contributed by atoms with Gasteiger partial charge in [0, 0.05) is 32.2 Å². The van der Waals surface area contributed by atoms with Crippen LogP contribution in [0.3, 0.4) is 0 Å². The van der Waals surface area contributed by atoms with Crippen LogP contribution in [0.25, 0.3) is 0 Å². The van der Waals surface area contributed by atoms with Crippen molar-refractivity contribution in [1.29, 1.82) is 0 Å². The van der Waals surface area contributed by atoms with E-state index in [-0.39, 0.29) is 29.4 Å². The zero-order chi connectivity index (χ0) is 15.6. The second kappa shape index (κ2) is 6.26. The zero-order valence-electron chi connectivity index (χ0n) is 12.7. The first-order valence-electron chi connectivity index (χ1n) is 7.12. The van der Waals surface area contributed by atoms with Gasteiger partial charge >= 0.3 is 0 Å². The van der Waals surface area contributed by atoms with Crippen LogP contribution >= 0.6 is 0 Å². The van der Waals surface area contributed by atoms with Gasteiger partial charge in [0.2, 0.25) is 11.7 Å². The molecule has 1 atom stereocenters. The standard InChI is InChI=1S/C14H22N4O3/c1-9(2)11-6-12(21-16-11)14(20)18-5-4-17(3)7-10(8-18)13(15)19/h6,9-10H,4-5,7-8H2,1-3H3,(H2,15,19). The van der Waals surface area contributed by atoms with Gasteiger partial charge in [-0.2, -0.15) is 0 Å². The molecule has 1 aromatic rings. The summed E-state index contributed by atoms with van der Waals surface area (Å²) in [5.74, 6) is -0.581. The molecule has 1 unspecified atom stereocenters. The van der Waals surface area contributed by atoms with Crippen LogP contribution < -0.4 is 5.73 Å². The molecule has 0 aliphatic carbocycles. The minimum atomic E-state index is -0.387. The largest absolute Gasteiger partial charge is 0.369 e. The number of nitrogens with two attached hydrogens (primary N) is 1. The van der Waals surface area contributed by atoms with Crippen LogP contribution in [0.2, 0.25) is 0 Å². The Morgan fingerprint density at radius 2 is 2.10 bits per heavy atom. The highest BCUT2D eigenvalue weighted by Gasteiger charge is 2.29. The number of nitrogens with zero attached hydrogens (tertiary/aromatic N) is 3. The van der Waals surface area contributed by atoms with Crippen molar-refractivity contribution in [3.8, 4) is 0 Å². The topological polar surface area (TPSA) is 92.7 Å². The maximum atomic E-state index is 12.5. The number of hydrogen-bond acceptors (Lipinski definition) is 5. The average molecular weight is 294 g/mol. The highest BCUT2D eigenvalue weighted by atomic mass is 16.5. The highest BCUT2D eigenvalue weighted by molar-refractivity contribution is 5.92. The Morgan fingerprint density at radius 1 is 1.38 bits per heavy atom. The van der Waals surface area contributed by atoms with Gasteiger partial charge in [-0.1, -0.05) is 19.0 Å². The van der Waals surface area contributed by atoms with Gasteiger partial charge in [-0.25, -0.2) is 0 Å². The van der Waals surface area contributed by atoms with Crippen LogP contribution in [0.5, 0.6) is 0 Å². The molecule has 21 heavy (non-hydrogen) atoms. The van der Waals surface area contributed by atoms with Crippen LogP contribution in [0, 0.1) is 5.92 Å². The van der Waals surface area contributed by atoms with Gasteiger partial charge in [0.25, 0.3) is 5.91 Å². The third-order valence-electron chi connectivity index (χ3n) is 3.74. The lowest BCUT2D eigenvalue weighted by Crippen LogP contribution is -2.40. The van der Waals surface area contributed by atoms with Gasteiger partial charge < -0.3 is 20.1 Å². The first kappa shape index (κ1) is 15.5. The Balaban J connectivity index is 2.14. The Bertz CT molecular complexity index is 526. The number of amides is 2. The molecule has 1 aliphatic heterocycles. The summed E-state index contributed by atoms with van der Waals surface area (Å²) in [6.07, 6.45) is 0. The molecule has 116 valence electrons. The van der Waals surface area contributed by atoms with Gasteiger partial charge in [-0.3, -0.25) is 9.59 Å². The number of carbonyl (C=O) groups excluding carboxylic acids is 2. The van der Waals surface area contributed by atoms with Crippen LogP contribution in [-0.2, 0) is 4.79 Å². The molecule has 2 amide bonds. The van der Waals surface area contributed by atoms with E-state index in [1.165, 1.54) is 0 Å². The average Bonchev–Trinajstić information content (AvgIpc) is 2.82. The fourth-order valence-corrected chi connectivity index (χ4v) is 2.36. The van der Waals surface area contributed by atoms with E-state index in [9.17, 15) is 9.59 Å². The molecular formula is C14H22N4O3. The van der Waals surface area contributed by atoms with Gasteiger partial charge in [-0.15, -0.1) is 0 Å². The number of rotatable bonds is 3. The molecular weight excluding hydrogens is 272 g/mol. The third-order valence-corrected chi connectivity index (χ3v) is 3.74. The summed E-state index contributed by atoms with van der Waals surface area (Å²) in [6, 6.07) is 1.67. The predicted octanol–water partition coefficient (Wildman–Crippen LogP) is 0.287. The molecule has 0 bridgehead atoms. The number of likely N-dealkylation sites (N-methyl/N-ethyl adjacent to an activating group) is 1. The molecule has 1 saturated heterocycles. The molecule has 1 aromatic heterocycles. The maximum absolute atomic E-state index is 12.5. The summed E-state index contributed by atoms with van der Waals surface area (Å²) in [5.41, 5.74) is 6.15. The molecule has 7 heteroatoms. The van der Waals surface area contributed by atoms with Crippen molar-refractivity contribution in [2.75, 3.05) is 33.2 Å². The number of hydrogen-bond donors (Lipinski definition) is 1. The summed E-state index contributed by atoms with van der Waals surface area (Å²) in [5, 5.41) is 3.90. The Labute approximate surface area is 124 Å². The zero-order valence-corrected chi connectivity index (χ0v) is 12.7. The molecule has 2 N–H and O–H groups in total. The van der Waals surface area contributed by atoms with E-state index in [1.54, 1.807) is 11.0 Å². The monoisotopic (exact) mass is 294 g/mol. The maximum Gasteiger partial charge on any atom is 0.292 e. The lowest BCUT2D eigenvalue weighted by molar-refractivity contribution is -0.122. The summed E-state index contributed by atoms with van der Waals surface area (Å²) in [7, 11) is 1.91. The SMILES string of the molecule is CC(C)c1cc(C(=O)N2CCN(C)CC(C(N)=O)C2)on1. The van der Waals surface area contributed by atoms with E-state index in [2.05, 4.69) is 5.16 Å². The van der Waals surface area contributed by atoms with Crippen LogP contribution in [0.15, 0.2) is 10.6 Å². The summed E-state index contributed by atoms with van der Waals surface area (Å²) in [6.45, 7) is 6.08. The van der Waals surface area contributed by atoms with Gasteiger partial charge in [0.1, 0.15) is 0 Å². The number of primary amides is 1. The van der Waals surface area contributed by atoms with E-state index in [1.807, 2.05) is 25.8 Å². The Hall–Kier alpha value is -1.89. The fraction of sp³-hybridized carbons (Fsp3) is 0.643. The van der Waals surface area contributed by atoms with E-state index in [0.29, 0.717) is 26.2 Å². The van der Waals surface area contributed by atoms with E-state index >= 15 is 0 Å². The highest BCUT2D eigenvalue weighted by Crippen LogP contribution is 2.17. The van der Waals surface area contributed by atoms with Crippen molar-refractivity contribution in [3.63, 3.8) is 0 Å². The van der Waals surface area contributed by atoms with Crippen molar-refractivity contribution in [3.05, 3.63) is 17.5 Å². The lowest BCUT2D eigenvalue weighted by Gasteiger charge is -2.21. The normalized spacial score (nSPS) is 20.6. The van der Waals surface area contributed by atoms with Crippen molar-refractivity contribution in [1.82, 2.24) is 15.0 Å². The minimum absolute atomic E-state index is 0.198. The molecule has 0 radical (unpaired) electrons. The predicted molar refractivity (Wildman–Crippen MR) is 76.7 cm³/mol. The quantitative estimate of drug-likeness (QED) is 0.864. The van der Waals surface area contributed by atoms with Crippen molar-refractivity contribution in [2.45, 2.75) is 19.8 Å². The second-order valence-electron chi connectivity index (χ2n) is 5.88. The van der Waals surface area contributed by atoms with E-state index < -0.39 is 0 Å². The van der Waals surface area contributed by atoms with E-state index in [4.69, 9.17) is 10.3 Å². The smallest absolute Gasteiger partial charge is 0.292 e. The molecule has 7 nitrogen and oxygen atoms in total. The molecule has 0 aromatic carbocycles. The molecule has 0 spiro atoms. The van der Waals surface area contributed by atoms with Gasteiger partial charge in [-0.05, 0) is 13.0 Å². The molecule has 2 heterocycles. The summed E-state index contributed by atoms with van der Waals surface area (Å²) < 4.78 is 5.13. The lowest BCUT2D eigenvalue weighted by atomic mass is 10.1. The van der Waals surface area contributed by atoms with Crippen LogP contribution in [-0.4, -0.2) is 60.0 Å². The van der Waals surface area contributed by atoms with Crippen LogP contribution in [0.4, 0.5) is 0 Å². The molecule has 0 saturated carbocycles. The number of aromatic nitrogens is 1. The summed E-state index contributed by atoms with van der Waals surface area (Å²) >= 11 is 0. The first-order chi connectivity index (χ1) is 9.88. The van der Waals surface area contributed by atoms with Crippen LogP contribution in [0.1, 0.15) is 36.0 Å². The van der Waals surface area contributed by atoms with Crippen molar-refractivity contribution in [2.24, 2.45) is 11.7 Å².